The predicted octanol–water partition coefficient (Wildman–Crippen LogP) is 2.36. The molecule has 0 bridgehead atoms. The standard InChI is InChI=1S/C7H9BrO2/c1-3-5-6(8)7(9)10-4-2/h4-5H,2-3H2,1H3. The van der Waals surface area contributed by atoms with E-state index in [0.29, 0.717) is 4.48 Å². The summed E-state index contributed by atoms with van der Waals surface area (Å²) in [6.07, 6.45) is 3.63. The van der Waals surface area contributed by atoms with Crippen LogP contribution in [0.2, 0.25) is 0 Å². The largest absolute Gasteiger partial charge is 0.431 e. The van der Waals surface area contributed by atoms with Gasteiger partial charge in [0.2, 0.25) is 0 Å². The molecule has 2 nitrogen and oxygen atoms in total. The highest BCUT2D eigenvalue weighted by Crippen LogP contribution is 2.07. The molecule has 0 radical (unpaired) electrons. The monoisotopic (exact) mass is 204 g/mol. The molecule has 0 saturated carbocycles. The summed E-state index contributed by atoms with van der Waals surface area (Å²) in [6.45, 7) is 5.19. The number of hydrogen-bond acceptors (Lipinski definition) is 2. The van der Waals surface area contributed by atoms with Crippen molar-refractivity contribution in [1.29, 1.82) is 0 Å². The number of rotatable bonds is 3. The molecule has 0 spiro atoms. The van der Waals surface area contributed by atoms with Crippen molar-refractivity contribution >= 4 is 21.9 Å². The summed E-state index contributed by atoms with van der Waals surface area (Å²) in [5, 5.41) is 0. The Morgan fingerprint density at radius 1 is 1.80 bits per heavy atom. The van der Waals surface area contributed by atoms with Crippen molar-refractivity contribution in [3.8, 4) is 0 Å². The van der Waals surface area contributed by atoms with E-state index in [2.05, 4.69) is 27.2 Å². The molecule has 0 aromatic rings. The minimum atomic E-state index is -0.406. The summed E-state index contributed by atoms with van der Waals surface area (Å²) < 4.78 is 4.91. The summed E-state index contributed by atoms with van der Waals surface area (Å²) in [7, 11) is 0. The first-order valence-electron chi connectivity index (χ1n) is 2.90. The van der Waals surface area contributed by atoms with Crippen LogP contribution >= 0.6 is 15.9 Å². The van der Waals surface area contributed by atoms with Gasteiger partial charge in [0.1, 0.15) is 0 Å². The molecule has 0 unspecified atom stereocenters. The highest BCUT2D eigenvalue weighted by atomic mass is 79.9. The smallest absolute Gasteiger partial charge is 0.349 e. The van der Waals surface area contributed by atoms with Crippen molar-refractivity contribution in [3.63, 3.8) is 0 Å². The van der Waals surface area contributed by atoms with Gasteiger partial charge in [-0.25, -0.2) is 4.79 Å². The van der Waals surface area contributed by atoms with E-state index >= 15 is 0 Å². The molecule has 0 N–H and O–H groups in total. The maximum atomic E-state index is 10.7. The molecule has 0 atom stereocenters. The first-order valence-corrected chi connectivity index (χ1v) is 3.69. The normalized spacial score (nSPS) is 10.8. The first kappa shape index (κ1) is 9.43. The Morgan fingerprint density at radius 2 is 2.40 bits per heavy atom. The predicted molar refractivity (Wildman–Crippen MR) is 43.6 cm³/mol. The molecule has 56 valence electrons. The van der Waals surface area contributed by atoms with Crippen LogP contribution in [-0.2, 0) is 9.53 Å². The summed E-state index contributed by atoms with van der Waals surface area (Å²) in [6, 6.07) is 0. The Labute approximate surface area is 68.7 Å². The van der Waals surface area contributed by atoms with Crippen LogP contribution in [0.5, 0.6) is 0 Å². The molecule has 0 amide bonds. The van der Waals surface area contributed by atoms with Crippen molar-refractivity contribution in [2.24, 2.45) is 0 Å². The lowest BCUT2D eigenvalue weighted by atomic mass is 10.4. The van der Waals surface area contributed by atoms with Gasteiger partial charge in [-0.2, -0.15) is 0 Å². The quantitative estimate of drug-likeness (QED) is 0.401. The molecule has 10 heavy (non-hydrogen) atoms. The molecule has 0 aromatic heterocycles. The van der Waals surface area contributed by atoms with Gasteiger partial charge in [0.25, 0.3) is 0 Å². The zero-order valence-electron chi connectivity index (χ0n) is 5.76. The van der Waals surface area contributed by atoms with E-state index in [-0.39, 0.29) is 0 Å². The average molecular weight is 205 g/mol. The molecule has 3 heteroatoms. The van der Waals surface area contributed by atoms with Gasteiger partial charge in [-0.05, 0) is 22.4 Å². The zero-order chi connectivity index (χ0) is 7.98. The average Bonchev–Trinajstić information content (AvgIpc) is 1.89. The van der Waals surface area contributed by atoms with Crippen molar-refractivity contribution in [1.82, 2.24) is 0 Å². The molecule has 0 aromatic carbocycles. The Hall–Kier alpha value is -0.570. The van der Waals surface area contributed by atoms with E-state index in [9.17, 15) is 4.79 Å². The van der Waals surface area contributed by atoms with E-state index in [4.69, 9.17) is 0 Å². The summed E-state index contributed by atoms with van der Waals surface area (Å²) in [4.78, 5) is 10.7. The van der Waals surface area contributed by atoms with Gasteiger partial charge in [0.15, 0.2) is 0 Å². The Balaban J connectivity index is 3.93. The minimum absolute atomic E-state index is 0.406. The van der Waals surface area contributed by atoms with E-state index < -0.39 is 5.97 Å². The topological polar surface area (TPSA) is 26.3 Å². The molecule has 0 aliphatic carbocycles. The fourth-order valence-corrected chi connectivity index (χ4v) is 0.812. The summed E-state index contributed by atoms with van der Waals surface area (Å²) in [5.74, 6) is -0.406. The fraction of sp³-hybridized carbons (Fsp3) is 0.286. The maximum absolute atomic E-state index is 10.7. The van der Waals surface area contributed by atoms with Gasteiger partial charge in [0.05, 0.1) is 10.7 Å². The highest BCUT2D eigenvalue weighted by Gasteiger charge is 2.03. The van der Waals surface area contributed by atoms with Gasteiger partial charge in [-0.3, -0.25) is 0 Å². The molecule has 0 aliphatic rings. The lowest BCUT2D eigenvalue weighted by Gasteiger charge is -1.94. The van der Waals surface area contributed by atoms with Crippen LogP contribution in [0.25, 0.3) is 0 Å². The van der Waals surface area contributed by atoms with Crippen LogP contribution in [0.3, 0.4) is 0 Å². The second kappa shape index (κ2) is 5.23. The SMILES string of the molecule is C=COC(=O)C(Br)=CCC. The number of carbonyl (C=O) groups is 1. The second-order valence-corrected chi connectivity index (χ2v) is 2.39. The lowest BCUT2D eigenvalue weighted by Crippen LogP contribution is -1.97. The Morgan fingerprint density at radius 3 is 2.80 bits per heavy atom. The van der Waals surface area contributed by atoms with Crippen LogP contribution in [0.1, 0.15) is 13.3 Å². The van der Waals surface area contributed by atoms with Crippen LogP contribution < -0.4 is 0 Å². The number of hydrogen-bond donors (Lipinski definition) is 0. The molecular weight excluding hydrogens is 196 g/mol. The third kappa shape index (κ3) is 3.45. The number of allylic oxidation sites excluding steroid dienone is 1. The van der Waals surface area contributed by atoms with Crippen LogP contribution in [0, 0.1) is 0 Å². The molecule has 0 heterocycles. The number of carbonyl (C=O) groups excluding carboxylic acids is 1. The third-order valence-electron chi connectivity index (χ3n) is 0.769. The zero-order valence-corrected chi connectivity index (χ0v) is 7.35. The van der Waals surface area contributed by atoms with Gasteiger partial charge < -0.3 is 4.74 Å². The third-order valence-corrected chi connectivity index (χ3v) is 1.42. The fourth-order valence-electron chi connectivity index (χ4n) is 0.395. The number of halogens is 1. The van der Waals surface area contributed by atoms with E-state index in [1.54, 1.807) is 6.08 Å². The van der Waals surface area contributed by atoms with Crippen LogP contribution in [-0.4, -0.2) is 5.97 Å². The summed E-state index contributed by atoms with van der Waals surface area (Å²) >= 11 is 3.04. The molecule has 0 saturated heterocycles. The van der Waals surface area contributed by atoms with E-state index in [0.717, 1.165) is 12.7 Å². The van der Waals surface area contributed by atoms with Gasteiger partial charge in [-0.1, -0.05) is 19.6 Å². The van der Waals surface area contributed by atoms with Crippen LogP contribution in [0.4, 0.5) is 0 Å². The van der Waals surface area contributed by atoms with E-state index in [1.807, 2.05) is 6.92 Å². The molecular formula is C7H9BrO2. The lowest BCUT2D eigenvalue weighted by molar-refractivity contribution is -0.132. The number of esters is 1. The van der Waals surface area contributed by atoms with Gasteiger partial charge in [0, 0.05) is 0 Å². The minimum Gasteiger partial charge on any atom is -0.431 e. The van der Waals surface area contributed by atoms with Gasteiger partial charge in [-0.15, -0.1) is 0 Å². The van der Waals surface area contributed by atoms with Crippen molar-refractivity contribution < 1.29 is 9.53 Å². The van der Waals surface area contributed by atoms with Crippen LogP contribution in [0.15, 0.2) is 23.4 Å². The molecule has 0 rings (SSSR count). The van der Waals surface area contributed by atoms with E-state index in [1.165, 1.54) is 0 Å². The van der Waals surface area contributed by atoms with Gasteiger partial charge >= 0.3 is 5.97 Å². The highest BCUT2D eigenvalue weighted by molar-refractivity contribution is 9.12. The van der Waals surface area contributed by atoms with Crippen molar-refractivity contribution in [3.05, 3.63) is 23.4 Å². The summed E-state index contributed by atoms with van der Waals surface area (Å²) in [5.41, 5.74) is 0. The maximum Gasteiger partial charge on any atom is 0.349 e. The Kier molecular flexibility index (Phi) is 4.94. The first-order chi connectivity index (χ1) is 4.72. The second-order valence-electron chi connectivity index (χ2n) is 1.53. The molecule has 0 fully saturated rings. The number of ether oxygens (including phenoxy) is 1. The van der Waals surface area contributed by atoms with Crippen molar-refractivity contribution in [2.75, 3.05) is 0 Å². The Bertz CT molecular complexity index is 161. The molecule has 0 aliphatic heterocycles. The van der Waals surface area contributed by atoms with Crippen molar-refractivity contribution in [2.45, 2.75) is 13.3 Å².